The molecule has 0 saturated heterocycles. The van der Waals surface area contributed by atoms with Gasteiger partial charge in [0.25, 0.3) is 0 Å². The van der Waals surface area contributed by atoms with Crippen molar-refractivity contribution >= 4 is 43.2 Å². The zero-order chi connectivity index (χ0) is 23.6. The van der Waals surface area contributed by atoms with Crippen LogP contribution in [0.3, 0.4) is 0 Å². The molecule has 0 spiro atoms. The molecule has 0 bridgehead atoms. The quantitative estimate of drug-likeness (QED) is 0.142. The number of carbonyl (C=O) groups excluding carboxylic acids is 2. The SMILES string of the molecule is CCOC(=O)C(C(=O)OCC)[C@H](CN)c1c(OCOCC[Si](C)(C)C)ccc(Cl)c1Cl. The van der Waals surface area contributed by atoms with Crippen molar-refractivity contribution in [3.8, 4) is 5.75 Å². The van der Waals surface area contributed by atoms with E-state index in [1.54, 1.807) is 26.0 Å². The predicted molar refractivity (Wildman–Crippen MR) is 125 cm³/mol. The Bertz CT molecular complexity index is 723. The topological polar surface area (TPSA) is 97.1 Å². The van der Waals surface area contributed by atoms with Crippen LogP contribution in [0.4, 0.5) is 0 Å². The lowest BCUT2D eigenvalue weighted by Crippen LogP contribution is -2.37. The van der Waals surface area contributed by atoms with Crippen LogP contribution < -0.4 is 10.5 Å². The van der Waals surface area contributed by atoms with Crippen molar-refractivity contribution in [1.82, 2.24) is 0 Å². The molecule has 1 aromatic carbocycles. The van der Waals surface area contributed by atoms with Gasteiger partial charge in [0.15, 0.2) is 12.7 Å². The van der Waals surface area contributed by atoms with Crippen molar-refractivity contribution in [2.75, 3.05) is 33.2 Å². The van der Waals surface area contributed by atoms with Crippen molar-refractivity contribution in [3.63, 3.8) is 0 Å². The third-order valence-electron chi connectivity index (χ3n) is 4.49. The second kappa shape index (κ2) is 13.3. The molecular weight excluding hydrogens is 461 g/mol. The molecule has 10 heteroatoms. The lowest BCUT2D eigenvalue weighted by molar-refractivity contribution is -0.162. The third kappa shape index (κ3) is 8.61. The van der Waals surface area contributed by atoms with Gasteiger partial charge in [-0.1, -0.05) is 42.8 Å². The van der Waals surface area contributed by atoms with E-state index in [1.165, 1.54) is 0 Å². The van der Waals surface area contributed by atoms with E-state index in [2.05, 4.69) is 19.6 Å². The molecule has 0 heterocycles. The van der Waals surface area contributed by atoms with E-state index in [1.807, 2.05) is 0 Å². The number of esters is 2. The van der Waals surface area contributed by atoms with Crippen LogP contribution in [0.5, 0.6) is 5.75 Å². The summed E-state index contributed by atoms with van der Waals surface area (Å²) in [6.07, 6.45) is 0. The lowest BCUT2D eigenvalue weighted by Gasteiger charge is -2.26. The molecule has 31 heavy (non-hydrogen) atoms. The highest BCUT2D eigenvalue weighted by Crippen LogP contribution is 2.41. The summed E-state index contributed by atoms with van der Waals surface area (Å²) in [5.74, 6) is -3.33. The van der Waals surface area contributed by atoms with Crippen LogP contribution in [0.15, 0.2) is 12.1 Å². The van der Waals surface area contributed by atoms with E-state index in [0.717, 1.165) is 6.04 Å². The van der Waals surface area contributed by atoms with Gasteiger partial charge >= 0.3 is 11.9 Å². The van der Waals surface area contributed by atoms with Crippen LogP contribution in [0.2, 0.25) is 35.7 Å². The molecule has 0 aliphatic carbocycles. The van der Waals surface area contributed by atoms with E-state index in [4.69, 9.17) is 47.9 Å². The van der Waals surface area contributed by atoms with Gasteiger partial charge in [-0.25, -0.2) is 0 Å². The Morgan fingerprint density at radius 2 is 1.65 bits per heavy atom. The Morgan fingerprint density at radius 1 is 1.06 bits per heavy atom. The first-order valence-electron chi connectivity index (χ1n) is 10.3. The summed E-state index contributed by atoms with van der Waals surface area (Å²) in [4.78, 5) is 25.2. The Labute approximate surface area is 195 Å². The van der Waals surface area contributed by atoms with Crippen LogP contribution in [0, 0.1) is 5.92 Å². The second-order valence-electron chi connectivity index (χ2n) is 8.08. The molecule has 0 aliphatic rings. The first-order valence-corrected chi connectivity index (χ1v) is 14.7. The summed E-state index contributed by atoms with van der Waals surface area (Å²) in [6, 6.07) is 4.17. The Balaban J connectivity index is 3.22. The summed E-state index contributed by atoms with van der Waals surface area (Å²) >= 11 is 12.7. The fourth-order valence-corrected chi connectivity index (χ4v) is 4.09. The number of hydrogen-bond donors (Lipinski definition) is 1. The van der Waals surface area contributed by atoms with Gasteiger partial charge < -0.3 is 24.7 Å². The van der Waals surface area contributed by atoms with Crippen molar-refractivity contribution < 1.29 is 28.5 Å². The molecule has 0 aromatic heterocycles. The third-order valence-corrected chi connectivity index (χ3v) is 7.02. The average Bonchev–Trinajstić information content (AvgIpc) is 2.68. The molecular formula is C21H33Cl2NO6Si. The summed E-state index contributed by atoms with van der Waals surface area (Å²) < 4.78 is 21.6. The maximum absolute atomic E-state index is 12.6. The lowest BCUT2D eigenvalue weighted by atomic mass is 9.85. The number of halogens is 2. The molecule has 7 nitrogen and oxygen atoms in total. The van der Waals surface area contributed by atoms with Crippen molar-refractivity contribution in [1.29, 1.82) is 0 Å². The van der Waals surface area contributed by atoms with Gasteiger partial charge in [0.2, 0.25) is 0 Å². The highest BCUT2D eigenvalue weighted by Gasteiger charge is 2.40. The number of rotatable bonds is 13. The zero-order valence-electron chi connectivity index (χ0n) is 18.8. The van der Waals surface area contributed by atoms with Crippen LogP contribution in [-0.4, -0.2) is 53.2 Å². The van der Waals surface area contributed by atoms with Crippen molar-refractivity contribution in [2.45, 2.75) is 45.5 Å². The molecule has 176 valence electrons. The molecule has 0 amide bonds. The summed E-state index contributed by atoms with van der Waals surface area (Å²) in [5, 5.41) is 0.392. The average molecular weight is 494 g/mol. The zero-order valence-corrected chi connectivity index (χ0v) is 21.3. The Morgan fingerprint density at radius 3 is 2.13 bits per heavy atom. The first-order chi connectivity index (χ1) is 14.6. The number of carbonyl (C=O) groups is 2. The fourth-order valence-electron chi connectivity index (χ4n) is 2.87. The minimum absolute atomic E-state index is 0.0176. The molecule has 1 aromatic rings. The Hall–Kier alpha value is -1.32. The van der Waals surface area contributed by atoms with Gasteiger partial charge in [0, 0.05) is 32.7 Å². The summed E-state index contributed by atoms with van der Waals surface area (Å²) in [6.45, 7) is 10.7. The highest BCUT2D eigenvalue weighted by molar-refractivity contribution is 6.76. The predicted octanol–water partition coefficient (Wildman–Crippen LogP) is 4.47. The molecule has 0 radical (unpaired) electrons. The van der Waals surface area contributed by atoms with Gasteiger partial charge in [-0.3, -0.25) is 9.59 Å². The molecule has 1 atom stereocenters. The largest absolute Gasteiger partial charge is 0.467 e. The second-order valence-corrected chi connectivity index (χ2v) is 14.5. The molecule has 0 saturated carbocycles. The van der Waals surface area contributed by atoms with Gasteiger partial charge in [-0.2, -0.15) is 0 Å². The van der Waals surface area contributed by atoms with Gasteiger partial charge in [-0.15, -0.1) is 0 Å². The van der Waals surface area contributed by atoms with E-state index in [0.29, 0.717) is 17.9 Å². The number of hydrogen-bond acceptors (Lipinski definition) is 7. The van der Waals surface area contributed by atoms with Gasteiger partial charge in [0.05, 0.1) is 23.3 Å². The molecule has 2 N–H and O–H groups in total. The first kappa shape index (κ1) is 27.7. The molecule has 0 aliphatic heterocycles. The van der Waals surface area contributed by atoms with Gasteiger partial charge in [-0.05, 0) is 32.0 Å². The minimum atomic E-state index is -1.31. The van der Waals surface area contributed by atoms with Crippen LogP contribution in [-0.2, 0) is 23.8 Å². The molecule has 1 rings (SSSR count). The Kier molecular flexibility index (Phi) is 11.9. The molecule has 0 unspecified atom stereocenters. The fraction of sp³-hybridized carbons (Fsp3) is 0.619. The van der Waals surface area contributed by atoms with Crippen molar-refractivity contribution in [2.24, 2.45) is 11.7 Å². The van der Waals surface area contributed by atoms with Gasteiger partial charge in [0.1, 0.15) is 5.75 Å². The minimum Gasteiger partial charge on any atom is -0.467 e. The standard InChI is InChI=1S/C21H33Cl2NO6Si/c1-6-28-20(25)18(21(26)29-7-2)14(12-24)17-16(9-8-15(22)19(17)23)30-13-27-10-11-31(3,4)5/h8-9,14,18H,6-7,10-13,24H2,1-5H3/t14-/m1/s1. The number of nitrogens with two attached hydrogens (primary N) is 1. The number of ether oxygens (including phenoxy) is 4. The smallest absolute Gasteiger partial charge is 0.321 e. The normalized spacial score (nSPS) is 12.5. The van der Waals surface area contributed by atoms with E-state index in [9.17, 15) is 9.59 Å². The number of benzene rings is 1. The summed E-state index contributed by atoms with van der Waals surface area (Å²) in [7, 11) is -1.23. The van der Waals surface area contributed by atoms with E-state index < -0.39 is 31.8 Å². The monoisotopic (exact) mass is 493 g/mol. The van der Waals surface area contributed by atoms with Crippen LogP contribution in [0.1, 0.15) is 25.3 Å². The maximum Gasteiger partial charge on any atom is 0.321 e. The maximum atomic E-state index is 12.6. The highest BCUT2D eigenvalue weighted by atomic mass is 35.5. The van der Waals surface area contributed by atoms with Crippen LogP contribution in [0.25, 0.3) is 0 Å². The van der Waals surface area contributed by atoms with Crippen molar-refractivity contribution in [3.05, 3.63) is 27.7 Å². The van der Waals surface area contributed by atoms with E-state index >= 15 is 0 Å². The van der Waals surface area contributed by atoms with E-state index in [-0.39, 0.29) is 36.6 Å². The summed E-state index contributed by atoms with van der Waals surface area (Å²) in [5.41, 5.74) is 6.33. The molecule has 0 fully saturated rings. The van der Waals surface area contributed by atoms with Crippen LogP contribution >= 0.6 is 23.2 Å².